The number of phosphoric ester groups is 1. The van der Waals surface area contributed by atoms with Crippen molar-refractivity contribution in [3.63, 3.8) is 0 Å². The Labute approximate surface area is 351 Å². The Balaban J connectivity index is 2.55. The van der Waals surface area contributed by atoms with Gasteiger partial charge >= 0.3 is 19.8 Å². The van der Waals surface area contributed by atoms with Crippen LogP contribution in [0.4, 0.5) is 0 Å². The molecule has 0 aromatic carbocycles. The number of carbonyl (C=O) groups excluding carboxylic acids is 2. The van der Waals surface area contributed by atoms with Crippen LogP contribution in [0.3, 0.4) is 0 Å². The van der Waals surface area contributed by atoms with Crippen LogP contribution in [-0.4, -0.2) is 115 Å². The lowest BCUT2D eigenvalue weighted by Crippen LogP contribution is -2.43. The quantitative estimate of drug-likeness (QED) is 0.0156. The standard InChI is InChI=1S/C44H82NO12P/c1-6-8-10-11-12-13-14-15-16-17-18-19-24-28-42(48)53-35-38(36-55-58(51,52)54-33-32-45(3,4)5)56-43(49)29-25-21-20-23-27-39-40(47)34-44(50)57-41(39)31-30-37(46)26-22-9-7-2/h20,23,30-31,37-41,44,46-47,50H,6-19,21-22,24-29,32-36H2,1-5H3/p+1/b23-20-,31-30+/t37-,38+,39-,40-,41+,44?/m0/s1. The number of hydrogen-bond acceptors (Lipinski definition) is 11. The fourth-order valence-electron chi connectivity index (χ4n) is 6.64. The molecule has 0 radical (unpaired) electrons. The van der Waals surface area contributed by atoms with Gasteiger partial charge in [0, 0.05) is 25.2 Å². The lowest BCUT2D eigenvalue weighted by Gasteiger charge is -2.36. The average molecular weight is 849 g/mol. The zero-order valence-electron chi connectivity index (χ0n) is 36.8. The maximum Gasteiger partial charge on any atom is 0.472 e. The molecule has 7 atom stereocenters. The summed E-state index contributed by atoms with van der Waals surface area (Å²) in [4.78, 5) is 35.6. The highest BCUT2D eigenvalue weighted by molar-refractivity contribution is 7.47. The first-order valence-corrected chi connectivity index (χ1v) is 24.0. The molecule has 1 rings (SSSR count). The molecule has 0 aromatic heterocycles. The van der Waals surface area contributed by atoms with Crippen LogP contribution in [0.5, 0.6) is 0 Å². The van der Waals surface area contributed by atoms with Crippen molar-refractivity contribution in [2.45, 2.75) is 192 Å². The third-order valence-corrected chi connectivity index (χ3v) is 11.3. The third-order valence-electron chi connectivity index (χ3n) is 10.3. The number of phosphoric acid groups is 1. The predicted molar refractivity (Wildman–Crippen MR) is 228 cm³/mol. The molecule has 0 aliphatic carbocycles. The summed E-state index contributed by atoms with van der Waals surface area (Å²) in [5.41, 5.74) is 0. The predicted octanol–water partition coefficient (Wildman–Crippen LogP) is 8.46. The highest BCUT2D eigenvalue weighted by Crippen LogP contribution is 2.43. The molecular formula is C44H83NO12P+. The number of rotatable bonds is 36. The number of carbonyl (C=O) groups is 2. The maximum absolute atomic E-state index is 12.8. The van der Waals surface area contributed by atoms with Crippen molar-refractivity contribution in [3.8, 4) is 0 Å². The van der Waals surface area contributed by atoms with Crippen molar-refractivity contribution in [2.24, 2.45) is 5.92 Å². The van der Waals surface area contributed by atoms with Crippen LogP contribution < -0.4 is 0 Å². The Morgan fingerprint density at radius 3 is 2.00 bits per heavy atom. The van der Waals surface area contributed by atoms with Crippen LogP contribution in [0.2, 0.25) is 0 Å². The summed E-state index contributed by atoms with van der Waals surface area (Å²) in [7, 11) is 1.31. The summed E-state index contributed by atoms with van der Waals surface area (Å²) in [5.74, 6) is -1.30. The summed E-state index contributed by atoms with van der Waals surface area (Å²) in [6.07, 6.45) is 24.1. The molecule has 0 bridgehead atoms. The summed E-state index contributed by atoms with van der Waals surface area (Å²) in [5, 5.41) is 31.0. The zero-order chi connectivity index (χ0) is 43.1. The van der Waals surface area contributed by atoms with Crippen LogP contribution in [0.15, 0.2) is 24.3 Å². The number of ether oxygens (including phenoxy) is 3. The normalized spacial score (nSPS) is 21.0. The zero-order valence-corrected chi connectivity index (χ0v) is 37.7. The van der Waals surface area contributed by atoms with E-state index in [0.717, 1.165) is 38.5 Å². The van der Waals surface area contributed by atoms with Crippen molar-refractivity contribution in [2.75, 3.05) is 47.5 Å². The summed E-state index contributed by atoms with van der Waals surface area (Å²) in [6.45, 7) is 4.00. The molecule has 1 saturated heterocycles. The van der Waals surface area contributed by atoms with Crippen LogP contribution in [-0.2, 0) is 37.4 Å². The van der Waals surface area contributed by atoms with E-state index < -0.39 is 57.1 Å². The molecule has 1 fully saturated rings. The second kappa shape index (κ2) is 33.0. The van der Waals surface area contributed by atoms with Gasteiger partial charge in [-0.25, -0.2) is 4.57 Å². The van der Waals surface area contributed by atoms with Gasteiger partial charge in [-0.2, -0.15) is 0 Å². The van der Waals surface area contributed by atoms with Gasteiger partial charge in [-0.05, 0) is 32.1 Å². The van der Waals surface area contributed by atoms with Gasteiger partial charge in [0.25, 0.3) is 0 Å². The fourth-order valence-corrected chi connectivity index (χ4v) is 7.38. The molecule has 58 heavy (non-hydrogen) atoms. The van der Waals surface area contributed by atoms with Crippen molar-refractivity contribution < 1.29 is 62.1 Å². The number of likely N-dealkylation sites (N-methyl/N-ethyl adjacent to an activating group) is 1. The summed E-state index contributed by atoms with van der Waals surface area (Å²) in [6, 6.07) is 0. The van der Waals surface area contributed by atoms with Crippen molar-refractivity contribution in [3.05, 3.63) is 24.3 Å². The monoisotopic (exact) mass is 849 g/mol. The number of quaternary nitrogens is 1. The lowest BCUT2D eigenvalue weighted by atomic mass is 9.87. The van der Waals surface area contributed by atoms with Gasteiger partial charge in [0.15, 0.2) is 12.4 Å². The number of aliphatic hydroxyl groups excluding tert-OH is 3. The van der Waals surface area contributed by atoms with Crippen LogP contribution >= 0.6 is 7.82 Å². The summed E-state index contributed by atoms with van der Waals surface area (Å²) >= 11 is 0. The number of esters is 2. The number of nitrogens with zero attached hydrogens (tertiary/aromatic N) is 1. The Hall–Kier alpha value is -1.67. The molecule has 0 amide bonds. The summed E-state index contributed by atoms with van der Waals surface area (Å²) < 4.78 is 39.9. The largest absolute Gasteiger partial charge is 0.472 e. The minimum Gasteiger partial charge on any atom is -0.462 e. The SMILES string of the molecule is CCCCCCCCCCCCCCCC(=O)OC[C@H](COP(=O)(O)OCC[N+](C)(C)C)OC(=O)CCC/C=C\C[C@H]1[C@@H](O)CC(O)O[C@@H]1/C=C/[C@@H](O)CCCCC. The van der Waals surface area contributed by atoms with Crippen molar-refractivity contribution in [1.29, 1.82) is 0 Å². The molecule has 0 saturated carbocycles. The van der Waals surface area contributed by atoms with Crippen LogP contribution in [0, 0.1) is 5.92 Å². The van der Waals surface area contributed by atoms with E-state index in [1.54, 1.807) is 12.2 Å². The molecule has 0 spiro atoms. The van der Waals surface area contributed by atoms with Crippen molar-refractivity contribution >= 4 is 19.8 Å². The number of allylic oxidation sites excluding steroid dienone is 2. The molecular weight excluding hydrogens is 765 g/mol. The smallest absolute Gasteiger partial charge is 0.462 e. The Morgan fingerprint density at radius 1 is 0.793 bits per heavy atom. The maximum atomic E-state index is 12.8. The van der Waals surface area contributed by atoms with Gasteiger partial charge in [-0.15, -0.1) is 0 Å². The Kier molecular flexibility index (Phi) is 30.9. The molecule has 340 valence electrons. The van der Waals surface area contributed by atoms with Gasteiger partial charge in [-0.1, -0.05) is 134 Å². The van der Waals surface area contributed by atoms with Gasteiger partial charge < -0.3 is 38.9 Å². The highest BCUT2D eigenvalue weighted by Gasteiger charge is 2.35. The van der Waals surface area contributed by atoms with Crippen LogP contribution in [0.1, 0.15) is 162 Å². The number of hydrogen-bond donors (Lipinski definition) is 4. The molecule has 1 aliphatic heterocycles. The third kappa shape index (κ3) is 30.4. The molecule has 0 aromatic rings. The fraction of sp³-hybridized carbons (Fsp3) is 0.864. The molecule has 2 unspecified atom stereocenters. The Bertz CT molecular complexity index is 1160. The topological polar surface area (TPSA) is 178 Å². The van der Waals surface area contributed by atoms with E-state index in [0.29, 0.717) is 43.1 Å². The minimum atomic E-state index is -4.45. The van der Waals surface area contributed by atoms with Gasteiger partial charge in [0.2, 0.25) is 0 Å². The first-order chi connectivity index (χ1) is 27.7. The first kappa shape index (κ1) is 54.3. The first-order valence-electron chi connectivity index (χ1n) is 22.5. The van der Waals surface area contributed by atoms with Gasteiger partial charge in [0.1, 0.15) is 19.8 Å². The molecule has 4 N–H and O–H groups in total. The minimum absolute atomic E-state index is 0.0162. The van der Waals surface area contributed by atoms with E-state index in [2.05, 4.69) is 13.8 Å². The molecule has 13 nitrogen and oxygen atoms in total. The molecule has 1 heterocycles. The lowest BCUT2D eigenvalue weighted by molar-refractivity contribution is -0.870. The average Bonchev–Trinajstić information content (AvgIpc) is 3.15. The van der Waals surface area contributed by atoms with E-state index in [1.165, 1.54) is 57.8 Å². The van der Waals surface area contributed by atoms with E-state index in [9.17, 15) is 34.4 Å². The Morgan fingerprint density at radius 2 is 1.38 bits per heavy atom. The number of aliphatic hydroxyl groups is 3. The molecule has 14 heteroatoms. The highest BCUT2D eigenvalue weighted by atomic mass is 31.2. The van der Waals surface area contributed by atoms with E-state index in [1.807, 2.05) is 33.3 Å². The van der Waals surface area contributed by atoms with Crippen LogP contribution in [0.25, 0.3) is 0 Å². The molecule has 1 aliphatic rings. The van der Waals surface area contributed by atoms with Gasteiger partial charge in [-0.3, -0.25) is 18.6 Å². The van der Waals surface area contributed by atoms with Crippen molar-refractivity contribution in [1.82, 2.24) is 0 Å². The second-order valence-corrected chi connectivity index (χ2v) is 18.4. The van der Waals surface area contributed by atoms with E-state index in [4.69, 9.17) is 23.3 Å². The van der Waals surface area contributed by atoms with E-state index >= 15 is 0 Å². The van der Waals surface area contributed by atoms with E-state index in [-0.39, 0.29) is 38.4 Å². The number of unbranched alkanes of at least 4 members (excludes halogenated alkanes) is 15. The van der Waals surface area contributed by atoms with Gasteiger partial charge in [0.05, 0.1) is 46.1 Å². The second-order valence-electron chi connectivity index (χ2n) is 17.0.